The molecule has 1 aromatic heterocycles. The minimum atomic E-state index is -0.0495. The van der Waals surface area contributed by atoms with E-state index >= 15 is 0 Å². The lowest BCUT2D eigenvalue weighted by Gasteiger charge is -2.43. The van der Waals surface area contributed by atoms with Crippen molar-refractivity contribution in [1.82, 2.24) is 4.57 Å². The molecule has 1 aliphatic carbocycles. The summed E-state index contributed by atoms with van der Waals surface area (Å²) in [5.74, 6) is 0. The smallest absolute Gasteiger partial charge is 0.244 e. The summed E-state index contributed by atoms with van der Waals surface area (Å²) in [6, 6.07) is 38.8. The second-order valence-electron chi connectivity index (χ2n) is 13.0. The van der Waals surface area contributed by atoms with E-state index in [1.165, 1.54) is 90.0 Å². The quantitative estimate of drug-likeness (QED) is 0.182. The van der Waals surface area contributed by atoms with Crippen molar-refractivity contribution in [3.05, 3.63) is 131 Å². The van der Waals surface area contributed by atoms with E-state index < -0.39 is 0 Å². The lowest BCUT2D eigenvalue weighted by Crippen LogP contribution is -2.63. The molecule has 0 bridgehead atoms. The van der Waals surface area contributed by atoms with E-state index in [0.29, 0.717) is 0 Å². The lowest BCUT2D eigenvalue weighted by atomic mass is 9.31. The number of hydrogen-bond acceptors (Lipinski definition) is 1. The van der Waals surface area contributed by atoms with Gasteiger partial charge < -0.3 is 4.57 Å². The molecule has 1 atom stereocenters. The van der Waals surface area contributed by atoms with Crippen LogP contribution in [0.3, 0.4) is 0 Å². The predicted molar refractivity (Wildman–Crippen MR) is 189 cm³/mol. The normalized spacial score (nSPS) is 18.0. The fourth-order valence-electron chi connectivity index (χ4n) is 8.43. The molecule has 9 rings (SSSR count). The zero-order valence-electron chi connectivity index (χ0n) is 25.2. The molecular weight excluding hydrogens is 573 g/mol. The Morgan fingerprint density at radius 2 is 1.57 bits per heavy atom. The highest BCUT2D eigenvalue weighted by Crippen LogP contribution is 2.43. The minimum Gasteiger partial charge on any atom is -0.313 e. The Balaban J connectivity index is 1.14. The Morgan fingerprint density at radius 3 is 2.43 bits per heavy atom. The van der Waals surface area contributed by atoms with Gasteiger partial charge in [-0.3, -0.25) is 0 Å². The van der Waals surface area contributed by atoms with Crippen LogP contribution in [-0.2, 0) is 18.3 Å². The van der Waals surface area contributed by atoms with E-state index in [9.17, 15) is 0 Å². The SMILES string of the molecule is CCC1(C)c2cc(Cl)ccc2B2c3ccc(-c4ccc(-n5c6c(c7ccccc75)CCCC6)cc4)cc3Sc3cccc1c32. The molecule has 1 nitrogen and oxygen atoms in total. The Morgan fingerprint density at radius 1 is 0.773 bits per heavy atom. The van der Waals surface area contributed by atoms with E-state index in [0.717, 1.165) is 17.9 Å². The van der Waals surface area contributed by atoms with Gasteiger partial charge in [-0.25, -0.2) is 0 Å². The van der Waals surface area contributed by atoms with Crippen LogP contribution in [0, 0.1) is 0 Å². The standard InChI is InChI=1S/C40H33BClNS/c1-3-40(2)31-11-8-14-37-39(31)41(33-22-18-27(42)24-32(33)40)34-21-17-26(23-38(34)44-37)25-15-19-28(20-16-25)43-35-12-6-4-9-29(35)30-10-5-7-13-36(30)43/h4,6,8-9,11-12,14-24H,3,5,7,10,13H2,1-2H3. The first-order valence-electron chi connectivity index (χ1n) is 16.0. The summed E-state index contributed by atoms with van der Waals surface area (Å²) < 4.78 is 2.52. The Hall–Kier alpha value is -3.66. The second kappa shape index (κ2) is 9.93. The van der Waals surface area contributed by atoms with Gasteiger partial charge in [-0.15, -0.1) is 0 Å². The molecule has 0 saturated carbocycles. The predicted octanol–water partition coefficient (Wildman–Crippen LogP) is 8.84. The molecule has 3 heterocycles. The summed E-state index contributed by atoms with van der Waals surface area (Å²) in [5, 5.41) is 2.24. The highest BCUT2D eigenvalue weighted by atomic mass is 35.5. The summed E-state index contributed by atoms with van der Waals surface area (Å²) in [4.78, 5) is 2.74. The number of benzene rings is 5. The molecule has 0 spiro atoms. The van der Waals surface area contributed by atoms with Crippen molar-refractivity contribution in [3.8, 4) is 16.8 Å². The number of nitrogens with zero attached hydrogens (tertiary/aromatic N) is 1. The van der Waals surface area contributed by atoms with E-state index in [4.69, 9.17) is 11.6 Å². The van der Waals surface area contributed by atoms with Crippen LogP contribution in [0.15, 0.2) is 113 Å². The van der Waals surface area contributed by atoms with Gasteiger partial charge in [0.15, 0.2) is 0 Å². The molecule has 0 radical (unpaired) electrons. The Bertz CT molecular complexity index is 2120. The maximum Gasteiger partial charge on any atom is 0.244 e. The number of halogens is 1. The monoisotopic (exact) mass is 605 g/mol. The minimum absolute atomic E-state index is 0.0495. The maximum absolute atomic E-state index is 6.61. The highest BCUT2D eigenvalue weighted by molar-refractivity contribution is 8.00. The molecule has 5 aromatic carbocycles. The number of hydrogen-bond donors (Lipinski definition) is 0. The van der Waals surface area contributed by atoms with E-state index in [2.05, 4.69) is 122 Å². The van der Waals surface area contributed by atoms with Crippen molar-refractivity contribution in [1.29, 1.82) is 0 Å². The molecule has 0 N–H and O–H groups in total. The maximum atomic E-state index is 6.61. The molecule has 6 aromatic rings. The first-order chi connectivity index (χ1) is 21.5. The molecule has 0 amide bonds. The second-order valence-corrected chi connectivity index (χ2v) is 14.5. The Kier molecular flexibility index (Phi) is 6.03. The van der Waals surface area contributed by atoms with Gasteiger partial charge in [-0.2, -0.15) is 0 Å². The van der Waals surface area contributed by atoms with Crippen LogP contribution in [0.25, 0.3) is 27.7 Å². The Labute approximate surface area is 269 Å². The van der Waals surface area contributed by atoms with Gasteiger partial charge >= 0.3 is 0 Å². The van der Waals surface area contributed by atoms with Crippen molar-refractivity contribution < 1.29 is 0 Å². The van der Waals surface area contributed by atoms with Crippen LogP contribution in [-0.4, -0.2) is 11.3 Å². The molecule has 2 aliphatic heterocycles. The average molecular weight is 606 g/mol. The van der Waals surface area contributed by atoms with Gasteiger partial charge in [0.2, 0.25) is 6.71 Å². The molecule has 4 heteroatoms. The van der Waals surface area contributed by atoms with Gasteiger partial charge in [0.1, 0.15) is 0 Å². The van der Waals surface area contributed by atoms with Gasteiger partial charge in [-0.1, -0.05) is 114 Å². The van der Waals surface area contributed by atoms with E-state index in [1.807, 2.05) is 11.8 Å². The van der Waals surface area contributed by atoms with Gasteiger partial charge in [0, 0.05) is 37.0 Å². The summed E-state index contributed by atoms with van der Waals surface area (Å²) in [5.41, 5.74) is 15.3. The third-order valence-corrected chi connectivity index (χ3v) is 12.1. The number of aromatic nitrogens is 1. The molecular formula is C40H33BClNS. The first kappa shape index (κ1) is 26.7. The number of fused-ring (bicyclic) bond motifs is 7. The van der Waals surface area contributed by atoms with E-state index in [-0.39, 0.29) is 12.1 Å². The highest BCUT2D eigenvalue weighted by Gasteiger charge is 2.45. The van der Waals surface area contributed by atoms with Crippen LogP contribution in [0.4, 0.5) is 0 Å². The number of para-hydroxylation sites is 1. The van der Waals surface area contributed by atoms with Gasteiger partial charge in [0.25, 0.3) is 0 Å². The van der Waals surface area contributed by atoms with E-state index in [1.54, 1.807) is 5.56 Å². The van der Waals surface area contributed by atoms with Gasteiger partial charge in [0.05, 0.1) is 5.52 Å². The van der Waals surface area contributed by atoms with Crippen molar-refractivity contribution in [2.24, 2.45) is 0 Å². The summed E-state index contributed by atoms with van der Waals surface area (Å²) in [7, 11) is 0. The molecule has 44 heavy (non-hydrogen) atoms. The third-order valence-electron chi connectivity index (χ3n) is 10.8. The fourth-order valence-corrected chi connectivity index (χ4v) is 9.81. The van der Waals surface area contributed by atoms with Crippen molar-refractivity contribution in [2.45, 2.75) is 61.2 Å². The van der Waals surface area contributed by atoms with Crippen LogP contribution in [0.1, 0.15) is 55.5 Å². The first-order valence-corrected chi connectivity index (χ1v) is 17.2. The zero-order valence-corrected chi connectivity index (χ0v) is 26.7. The van der Waals surface area contributed by atoms with Crippen molar-refractivity contribution in [3.63, 3.8) is 0 Å². The fraction of sp³-hybridized carbons (Fsp3) is 0.200. The van der Waals surface area contributed by atoms with Crippen LogP contribution in [0.5, 0.6) is 0 Å². The zero-order chi connectivity index (χ0) is 29.6. The third kappa shape index (κ3) is 3.75. The van der Waals surface area contributed by atoms with Crippen LogP contribution >= 0.6 is 23.4 Å². The van der Waals surface area contributed by atoms with Crippen LogP contribution in [0.2, 0.25) is 5.02 Å². The molecule has 3 aliphatic rings. The molecule has 0 fully saturated rings. The number of aryl methyl sites for hydroxylation is 1. The molecule has 1 unspecified atom stereocenters. The molecule has 214 valence electrons. The summed E-state index contributed by atoms with van der Waals surface area (Å²) in [6.07, 6.45) is 5.95. The summed E-state index contributed by atoms with van der Waals surface area (Å²) >= 11 is 8.55. The average Bonchev–Trinajstić information content (AvgIpc) is 3.41. The van der Waals surface area contributed by atoms with Gasteiger partial charge in [-0.05, 0) is 102 Å². The largest absolute Gasteiger partial charge is 0.313 e. The van der Waals surface area contributed by atoms with Crippen molar-refractivity contribution in [2.75, 3.05) is 0 Å². The molecule has 0 saturated heterocycles. The van der Waals surface area contributed by atoms with Crippen LogP contribution < -0.4 is 16.4 Å². The summed E-state index contributed by atoms with van der Waals surface area (Å²) in [6.45, 7) is 4.93. The topological polar surface area (TPSA) is 4.93 Å². The van der Waals surface area contributed by atoms with Crippen molar-refractivity contribution >= 4 is 57.4 Å². The number of rotatable bonds is 3. The lowest BCUT2D eigenvalue weighted by molar-refractivity contribution is 0.553.